The van der Waals surface area contributed by atoms with E-state index in [0.29, 0.717) is 5.69 Å². The van der Waals surface area contributed by atoms with E-state index in [9.17, 15) is 18.0 Å². The number of carbonyl (C=O) groups is 1. The van der Waals surface area contributed by atoms with Crippen LogP contribution in [0.5, 0.6) is 5.75 Å². The first-order valence-electron chi connectivity index (χ1n) is 7.89. The zero-order valence-corrected chi connectivity index (χ0v) is 15.0. The molecule has 0 radical (unpaired) electrons. The van der Waals surface area contributed by atoms with Crippen LogP contribution in [-0.4, -0.2) is 52.8 Å². The van der Waals surface area contributed by atoms with Gasteiger partial charge in [-0.3, -0.25) is 4.79 Å². The number of hydrogen-bond donors (Lipinski definition) is 0. The number of aliphatic imine (C=N–C) groups is 1. The minimum absolute atomic E-state index is 0.136. The monoisotopic (exact) mass is 393 g/mol. The lowest BCUT2D eigenvalue weighted by atomic mass is 10.00. The topological polar surface area (TPSA) is 93.7 Å². The molecule has 1 aromatic carbocycles. The normalized spacial score (nSPS) is 11.9. The molecule has 0 amide bonds. The van der Waals surface area contributed by atoms with Crippen LogP contribution in [0.2, 0.25) is 0 Å². The van der Waals surface area contributed by atoms with Crippen molar-refractivity contribution in [1.29, 1.82) is 0 Å². The number of aryl methyl sites for hydroxylation is 1. The van der Waals surface area contributed by atoms with Gasteiger partial charge in [0.1, 0.15) is 11.4 Å². The van der Waals surface area contributed by atoms with Gasteiger partial charge in [0.15, 0.2) is 11.3 Å². The number of alkyl halides is 3. The van der Waals surface area contributed by atoms with Crippen molar-refractivity contribution in [3.63, 3.8) is 0 Å². The van der Waals surface area contributed by atoms with Gasteiger partial charge in [0, 0.05) is 19.7 Å². The average molecular weight is 393 g/mol. The van der Waals surface area contributed by atoms with E-state index in [2.05, 4.69) is 29.7 Å². The Kier molecular flexibility index (Phi) is 4.99. The Morgan fingerprint density at radius 1 is 1.21 bits per heavy atom. The van der Waals surface area contributed by atoms with E-state index < -0.39 is 17.9 Å². The molecule has 8 nitrogen and oxygen atoms in total. The summed E-state index contributed by atoms with van der Waals surface area (Å²) < 4.78 is 45.4. The molecule has 0 bridgehead atoms. The summed E-state index contributed by atoms with van der Waals surface area (Å²) in [4.78, 5) is 23.2. The lowest BCUT2D eigenvalue weighted by Gasteiger charge is -2.11. The standard InChI is InChI=1S/C17H14F3N5O3/c1-9-12(13(21-8-25(2)3)14-16(22-9)24-28-23-14)15(26)10-4-6-11(7-5-10)27-17(18,19)20/h4-8H,1-3H3. The third kappa shape index (κ3) is 4.08. The molecular formula is C17H14F3N5O3. The summed E-state index contributed by atoms with van der Waals surface area (Å²) in [5.74, 6) is -0.916. The first kappa shape index (κ1) is 19.3. The van der Waals surface area contributed by atoms with Crippen LogP contribution in [0.1, 0.15) is 21.6 Å². The molecule has 0 fully saturated rings. The van der Waals surface area contributed by atoms with Crippen molar-refractivity contribution >= 4 is 29.0 Å². The summed E-state index contributed by atoms with van der Waals surface area (Å²) in [7, 11) is 3.49. The van der Waals surface area contributed by atoms with Crippen LogP contribution >= 0.6 is 0 Å². The summed E-state index contributed by atoms with van der Waals surface area (Å²) in [5, 5.41) is 7.42. The predicted molar refractivity (Wildman–Crippen MR) is 92.7 cm³/mol. The van der Waals surface area contributed by atoms with E-state index in [1.807, 2.05) is 0 Å². The third-order valence-corrected chi connectivity index (χ3v) is 3.56. The maximum absolute atomic E-state index is 13.0. The maximum Gasteiger partial charge on any atom is 0.573 e. The highest BCUT2D eigenvalue weighted by atomic mass is 19.4. The smallest absolute Gasteiger partial charge is 0.406 e. The molecule has 28 heavy (non-hydrogen) atoms. The minimum Gasteiger partial charge on any atom is -0.406 e. The molecule has 0 spiro atoms. The summed E-state index contributed by atoms with van der Waals surface area (Å²) in [6.45, 7) is 1.59. The average Bonchev–Trinajstić information content (AvgIpc) is 3.06. The van der Waals surface area contributed by atoms with Gasteiger partial charge in [0.2, 0.25) is 5.65 Å². The fourth-order valence-corrected chi connectivity index (χ4v) is 2.43. The van der Waals surface area contributed by atoms with Crippen molar-refractivity contribution in [2.75, 3.05) is 14.1 Å². The Bertz CT molecular complexity index is 1040. The van der Waals surface area contributed by atoms with Crippen LogP contribution in [0.4, 0.5) is 18.9 Å². The summed E-state index contributed by atoms with van der Waals surface area (Å²) in [6, 6.07) is 4.58. The fraction of sp³-hybridized carbons (Fsp3) is 0.235. The van der Waals surface area contributed by atoms with E-state index >= 15 is 0 Å². The van der Waals surface area contributed by atoms with Crippen molar-refractivity contribution in [2.24, 2.45) is 4.99 Å². The number of carbonyl (C=O) groups excluding carboxylic acids is 1. The molecule has 0 N–H and O–H groups in total. The molecule has 2 aromatic heterocycles. The summed E-state index contributed by atoms with van der Waals surface area (Å²) >= 11 is 0. The number of ether oxygens (including phenoxy) is 1. The molecule has 0 aliphatic carbocycles. The van der Waals surface area contributed by atoms with Crippen molar-refractivity contribution in [1.82, 2.24) is 20.2 Å². The lowest BCUT2D eigenvalue weighted by Crippen LogP contribution is -2.17. The van der Waals surface area contributed by atoms with Crippen molar-refractivity contribution in [3.8, 4) is 5.75 Å². The van der Waals surface area contributed by atoms with E-state index in [4.69, 9.17) is 0 Å². The Morgan fingerprint density at radius 2 is 1.89 bits per heavy atom. The SMILES string of the molecule is Cc1nc2nonc2c(N=CN(C)C)c1C(=O)c1ccc(OC(F)(F)F)cc1. The second kappa shape index (κ2) is 7.25. The van der Waals surface area contributed by atoms with Gasteiger partial charge in [-0.2, -0.15) is 0 Å². The largest absolute Gasteiger partial charge is 0.573 e. The van der Waals surface area contributed by atoms with Crippen LogP contribution < -0.4 is 4.74 Å². The number of rotatable bonds is 5. The van der Waals surface area contributed by atoms with Crippen LogP contribution in [0.15, 0.2) is 33.9 Å². The van der Waals surface area contributed by atoms with Crippen molar-refractivity contribution < 1.29 is 27.3 Å². The molecule has 0 atom stereocenters. The second-order valence-corrected chi connectivity index (χ2v) is 5.97. The van der Waals surface area contributed by atoms with Gasteiger partial charge in [0.25, 0.3) is 0 Å². The van der Waals surface area contributed by atoms with E-state index in [-0.39, 0.29) is 28.0 Å². The van der Waals surface area contributed by atoms with Gasteiger partial charge in [-0.25, -0.2) is 14.6 Å². The molecule has 146 valence electrons. The molecule has 0 aliphatic heterocycles. The molecule has 0 saturated carbocycles. The molecular weight excluding hydrogens is 379 g/mol. The molecule has 3 rings (SSSR count). The van der Waals surface area contributed by atoms with Crippen LogP contribution in [0.25, 0.3) is 11.2 Å². The van der Waals surface area contributed by atoms with Crippen LogP contribution in [-0.2, 0) is 0 Å². The van der Waals surface area contributed by atoms with Gasteiger partial charge in [0.05, 0.1) is 17.6 Å². The molecule has 0 aliphatic rings. The zero-order chi connectivity index (χ0) is 20.5. The molecule has 11 heteroatoms. The van der Waals surface area contributed by atoms with Crippen LogP contribution in [0, 0.1) is 6.92 Å². The van der Waals surface area contributed by atoms with Gasteiger partial charge in [-0.1, -0.05) is 0 Å². The van der Waals surface area contributed by atoms with Crippen molar-refractivity contribution in [3.05, 3.63) is 41.1 Å². The van der Waals surface area contributed by atoms with Crippen LogP contribution in [0.3, 0.4) is 0 Å². The van der Waals surface area contributed by atoms with E-state index in [1.54, 1.807) is 25.9 Å². The quantitative estimate of drug-likeness (QED) is 0.373. The fourth-order valence-electron chi connectivity index (χ4n) is 2.43. The first-order valence-corrected chi connectivity index (χ1v) is 7.89. The van der Waals surface area contributed by atoms with Crippen molar-refractivity contribution in [2.45, 2.75) is 13.3 Å². The second-order valence-electron chi connectivity index (χ2n) is 5.97. The number of halogens is 3. The number of ketones is 1. The zero-order valence-electron chi connectivity index (χ0n) is 15.0. The molecule has 0 saturated heterocycles. The molecule has 0 unspecified atom stereocenters. The van der Waals surface area contributed by atoms with Gasteiger partial charge < -0.3 is 9.64 Å². The number of pyridine rings is 1. The minimum atomic E-state index is -4.81. The highest BCUT2D eigenvalue weighted by Crippen LogP contribution is 2.31. The Balaban J connectivity index is 2.06. The first-order chi connectivity index (χ1) is 13.2. The Labute approximate surface area is 156 Å². The van der Waals surface area contributed by atoms with Gasteiger partial charge in [-0.15, -0.1) is 13.2 Å². The lowest BCUT2D eigenvalue weighted by molar-refractivity contribution is -0.274. The Morgan fingerprint density at radius 3 is 2.50 bits per heavy atom. The highest BCUT2D eigenvalue weighted by Gasteiger charge is 2.31. The summed E-state index contributed by atoms with van der Waals surface area (Å²) in [6.07, 6.45) is -3.34. The third-order valence-electron chi connectivity index (χ3n) is 3.56. The number of hydrogen-bond acceptors (Lipinski definition) is 7. The number of fused-ring (bicyclic) bond motifs is 1. The number of nitrogens with zero attached hydrogens (tertiary/aromatic N) is 5. The predicted octanol–water partition coefficient (Wildman–Crippen LogP) is 3.28. The Hall–Kier alpha value is -3.50. The van der Waals surface area contributed by atoms with Gasteiger partial charge >= 0.3 is 6.36 Å². The maximum atomic E-state index is 13.0. The summed E-state index contributed by atoms with van der Waals surface area (Å²) in [5.41, 5.74) is 1.20. The van der Waals surface area contributed by atoms with E-state index in [1.165, 1.54) is 18.5 Å². The highest BCUT2D eigenvalue weighted by molar-refractivity contribution is 6.15. The molecule has 3 aromatic rings. The number of benzene rings is 1. The van der Waals surface area contributed by atoms with E-state index in [0.717, 1.165) is 12.1 Å². The number of aromatic nitrogens is 3. The van der Waals surface area contributed by atoms with Gasteiger partial charge in [-0.05, 0) is 41.5 Å². The molecule has 2 heterocycles.